The summed E-state index contributed by atoms with van der Waals surface area (Å²) in [4.78, 5) is 23.1. The lowest BCUT2D eigenvalue weighted by atomic mass is 10.2. The minimum atomic E-state index is -0.700. The maximum absolute atomic E-state index is 11.6. The number of aryl methyl sites for hydroxylation is 1. The summed E-state index contributed by atoms with van der Waals surface area (Å²) in [5.74, 6) is -1.46. The second-order valence-corrected chi connectivity index (χ2v) is 4.27. The van der Waals surface area contributed by atoms with Gasteiger partial charge in [0.2, 0.25) is 0 Å². The molecule has 98 valence electrons. The molecule has 1 rings (SSSR count). The molecule has 1 aromatic carbocycles. The highest BCUT2D eigenvalue weighted by Crippen LogP contribution is 2.12. The molecule has 1 unspecified atom stereocenters. The van der Waals surface area contributed by atoms with Crippen LogP contribution in [0.1, 0.15) is 12.5 Å². The molecule has 0 saturated carbocycles. The Balaban J connectivity index is 2.50. The normalized spacial score (nSPS) is 11.7. The SMILES string of the molecule is Cc1ccccc1NC(=O)C(=O)NCC(C)CO. The first-order chi connectivity index (χ1) is 8.54. The Bertz CT molecular complexity index is 432. The average Bonchev–Trinajstić information content (AvgIpc) is 2.38. The van der Waals surface area contributed by atoms with Crippen molar-refractivity contribution in [2.75, 3.05) is 18.5 Å². The largest absolute Gasteiger partial charge is 0.396 e. The molecule has 0 saturated heterocycles. The number of aliphatic hydroxyl groups is 1. The number of hydrogen-bond acceptors (Lipinski definition) is 3. The molecule has 2 amide bonds. The van der Waals surface area contributed by atoms with Gasteiger partial charge < -0.3 is 15.7 Å². The minimum absolute atomic E-state index is 0.0281. The Hall–Kier alpha value is -1.88. The van der Waals surface area contributed by atoms with Gasteiger partial charge in [-0.25, -0.2) is 0 Å². The fraction of sp³-hybridized carbons (Fsp3) is 0.385. The van der Waals surface area contributed by atoms with Gasteiger partial charge in [-0.1, -0.05) is 25.1 Å². The van der Waals surface area contributed by atoms with Crippen molar-refractivity contribution in [2.45, 2.75) is 13.8 Å². The summed E-state index contributed by atoms with van der Waals surface area (Å²) in [5.41, 5.74) is 1.51. The Morgan fingerprint density at radius 3 is 2.56 bits per heavy atom. The Morgan fingerprint density at radius 1 is 1.28 bits per heavy atom. The molecular weight excluding hydrogens is 232 g/mol. The molecule has 0 aliphatic rings. The quantitative estimate of drug-likeness (QED) is 0.687. The number of carbonyl (C=O) groups is 2. The lowest BCUT2D eigenvalue weighted by molar-refractivity contribution is -0.136. The van der Waals surface area contributed by atoms with E-state index >= 15 is 0 Å². The van der Waals surface area contributed by atoms with Crippen molar-refractivity contribution in [3.63, 3.8) is 0 Å². The van der Waals surface area contributed by atoms with Crippen LogP contribution in [0.15, 0.2) is 24.3 Å². The van der Waals surface area contributed by atoms with Crippen molar-refractivity contribution >= 4 is 17.5 Å². The van der Waals surface area contributed by atoms with E-state index in [0.29, 0.717) is 5.69 Å². The van der Waals surface area contributed by atoms with E-state index < -0.39 is 11.8 Å². The van der Waals surface area contributed by atoms with E-state index in [9.17, 15) is 9.59 Å². The van der Waals surface area contributed by atoms with Crippen LogP contribution in [-0.2, 0) is 9.59 Å². The summed E-state index contributed by atoms with van der Waals surface area (Å²) in [6, 6.07) is 7.22. The van der Waals surface area contributed by atoms with E-state index in [0.717, 1.165) is 5.56 Å². The number of carbonyl (C=O) groups excluding carboxylic acids is 2. The molecule has 0 aliphatic heterocycles. The summed E-state index contributed by atoms with van der Waals surface area (Å²) in [5, 5.41) is 13.8. The van der Waals surface area contributed by atoms with Crippen molar-refractivity contribution in [1.29, 1.82) is 0 Å². The van der Waals surface area contributed by atoms with Gasteiger partial charge in [0, 0.05) is 18.8 Å². The molecule has 0 aromatic heterocycles. The summed E-state index contributed by atoms with van der Waals surface area (Å²) >= 11 is 0. The van der Waals surface area contributed by atoms with Crippen LogP contribution in [-0.4, -0.2) is 30.1 Å². The van der Waals surface area contributed by atoms with Crippen LogP contribution in [0.25, 0.3) is 0 Å². The van der Waals surface area contributed by atoms with Crippen LogP contribution in [0.5, 0.6) is 0 Å². The molecule has 5 heteroatoms. The van der Waals surface area contributed by atoms with Crippen LogP contribution in [0, 0.1) is 12.8 Å². The maximum Gasteiger partial charge on any atom is 0.313 e. The van der Waals surface area contributed by atoms with Crippen LogP contribution in [0.2, 0.25) is 0 Å². The lowest BCUT2D eigenvalue weighted by Gasteiger charge is -2.10. The zero-order valence-electron chi connectivity index (χ0n) is 10.6. The Morgan fingerprint density at radius 2 is 1.94 bits per heavy atom. The molecule has 18 heavy (non-hydrogen) atoms. The van der Waals surface area contributed by atoms with Crippen molar-refractivity contribution < 1.29 is 14.7 Å². The van der Waals surface area contributed by atoms with Crippen LogP contribution in [0.3, 0.4) is 0 Å². The summed E-state index contributed by atoms with van der Waals surface area (Å²) in [6.45, 7) is 3.87. The zero-order valence-corrected chi connectivity index (χ0v) is 10.6. The number of rotatable bonds is 4. The molecule has 0 radical (unpaired) electrons. The number of amides is 2. The third kappa shape index (κ3) is 4.18. The first kappa shape index (κ1) is 14.2. The average molecular weight is 250 g/mol. The van der Waals surface area contributed by atoms with Gasteiger partial charge >= 0.3 is 11.8 Å². The smallest absolute Gasteiger partial charge is 0.313 e. The van der Waals surface area contributed by atoms with Gasteiger partial charge in [-0.3, -0.25) is 9.59 Å². The van der Waals surface area contributed by atoms with Crippen molar-refractivity contribution in [1.82, 2.24) is 5.32 Å². The molecule has 0 fully saturated rings. The van der Waals surface area contributed by atoms with Crippen molar-refractivity contribution in [2.24, 2.45) is 5.92 Å². The second-order valence-electron chi connectivity index (χ2n) is 4.27. The molecule has 0 spiro atoms. The lowest BCUT2D eigenvalue weighted by Crippen LogP contribution is -2.38. The van der Waals surface area contributed by atoms with Gasteiger partial charge in [0.25, 0.3) is 0 Å². The molecular formula is C13H18N2O3. The Kier molecular flexibility index (Phi) is 5.32. The standard InChI is InChI=1S/C13H18N2O3/c1-9(8-16)7-14-12(17)13(18)15-11-6-4-3-5-10(11)2/h3-6,9,16H,7-8H2,1-2H3,(H,14,17)(H,15,18). The number of aliphatic hydroxyl groups excluding tert-OH is 1. The fourth-order valence-corrected chi connectivity index (χ4v) is 1.30. The fourth-order valence-electron chi connectivity index (χ4n) is 1.30. The number of anilines is 1. The third-order valence-corrected chi connectivity index (χ3v) is 2.52. The van der Waals surface area contributed by atoms with Crippen LogP contribution in [0.4, 0.5) is 5.69 Å². The predicted molar refractivity (Wildman–Crippen MR) is 69.1 cm³/mol. The highest BCUT2D eigenvalue weighted by atomic mass is 16.3. The zero-order chi connectivity index (χ0) is 13.5. The summed E-state index contributed by atoms with van der Waals surface area (Å²) in [6.07, 6.45) is 0. The predicted octanol–water partition coefficient (Wildman–Crippen LogP) is 0.678. The first-order valence-electron chi connectivity index (χ1n) is 5.80. The van der Waals surface area contributed by atoms with Gasteiger partial charge in [-0.05, 0) is 24.5 Å². The topological polar surface area (TPSA) is 78.4 Å². The van der Waals surface area contributed by atoms with E-state index in [1.54, 1.807) is 19.1 Å². The van der Waals surface area contributed by atoms with Gasteiger partial charge in [0.15, 0.2) is 0 Å². The molecule has 1 atom stereocenters. The Labute approximate surface area is 106 Å². The van der Waals surface area contributed by atoms with E-state index in [4.69, 9.17) is 5.11 Å². The maximum atomic E-state index is 11.6. The van der Waals surface area contributed by atoms with Crippen molar-refractivity contribution in [3.05, 3.63) is 29.8 Å². The molecule has 3 N–H and O–H groups in total. The second kappa shape index (κ2) is 6.76. The van der Waals surface area contributed by atoms with Gasteiger partial charge in [-0.15, -0.1) is 0 Å². The highest BCUT2D eigenvalue weighted by Gasteiger charge is 2.14. The number of benzene rings is 1. The minimum Gasteiger partial charge on any atom is -0.396 e. The number of para-hydroxylation sites is 1. The first-order valence-corrected chi connectivity index (χ1v) is 5.80. The number of hydrogen-bond donors (Lipinski definition) is 3. The molecule has 1 aromatic rings. The summed E-state index contributed by atoms with van der Waals surface area (Å²) < 4.78 is 0. The third-order valence-electron chi connectivity index (χ3n) is 2.52. The van der Waals surface area contributed by atoms with E-state index in [-0.39, 0.29) is 19.1 Å². The summed E-state index contributed by atoms with van der Waals surface area (Å²) in [7, 11) is 0. The van der Waals surface area contributed by atoms with E-state index in [1.165, 1.54) is 0 Å². The van der Waals surface area contributed by atoms with Crippen LogP contribution >= 0.6 is 0 Å². The number of nitrogens with one attached hydrogen (secondary N) is 2. The molecule has 0 aliphatic carbocycles. The van der Waals surface area contributed by atoms with E-state index in [2.05, 4.69) is 10.6 Å². The van der Waals surface area contributed by atoms with Gasteiger partial charge in [0.1, 0.15) is 0 Å². The monoisotopic (exact) mass is 250 g/mol. The van der Waals surface area contributed by atoms with Gasteiger partial charge in [0.05, 0.1) is 0 Å². The van der Waals surface area contributed by atoms with E-state index in [1.807, 2.05) is 19.1 Å². The molecule has 0 bridgehead atoms. The molecule has 0 heterocycles. The van der Waals surface area contributed by atoms with Crippen LogP contribution < -0.4 is 10.6 Å². The van der Waals surface area contributed by atoms with Gasteiger partial charge in [-0.2, -0.15) is 0 Å². The highest BCUT2D eigenvalue weighted by molar-refractivity contribution is 6.39. The molecule has 5 nitrogen and oxygen atoms in total. The van der Waals surface area contributed by atoms with Crippen molar-refractivity contribution in [3.8, 4) is 0 Å².